The van der Waals surface area contributed by atoms with Crippen LogP contribution in [0.4, 0.5) is 0 Å². The van der Waals surface area contributed by atoms with Crippen LogP contribution in [0.3, 0.4) is 0 Å². The molecule has 3 N–H and O–H groups in total. The van der Waals surface area contributed by atoms with Gasteiger partial charge < -0.3 is 10.8 Å². The zero-order valence-corrected chi connectivity index (χ0v) is 9.11. The van der Waals surface area contributed by atoms with Gasteiger partial charge in [-0.2, -0.15) is 11.8 Å². The predicted molar refractivity (Wildman–Crippen MR) is 60.2 cm³/mol. The molecule has 0 aliphatic carbocycles. The van der Waals surface area contributed by atoms with Crippen molar-refractivity contribution in [3.05, 3.63) is 22.4 Å². The first-order chi connectivity index (χ1) is 6.33. The van der Waals surface area contributed by atoms with Gasteiger partial charge in [0.25, 0.3) is 0 Å². The monoisotopic (exact) mass is 217 g/mol. The molecule has 4 heteroatoms. The van der Waals surface area contributed by atoms with E-state index in [1.54, 1.807) is 11.3 Å². The standard InChI is InChI=1S/C9H15NOS2/c10-8(6-11)3-5-12-7-9-2-1-4-13-9/h1-2,4,8,11H,3,5-7,10H2/t8-/m0/s1. The van der Waals surface area contributed by atoms with E-state index in [2.05, 4.69) is 17.5 Å². The Hall–Kier alpha value is -0.0300. The van der Waals surface area contributed by atoms with E-state index in [0.29, 0.717) is 0 Å². The van der Waals surface area contributed by atoms with Crippen molar-refractivity contribution in [2.75, 3.05) is 12.4 Å². The normalized spacial score (nSPS) is 13.1. The summed E-state index contributed by atoms with van der Waals surface area (Å²) in [5, 5.41) is 10.8. The molecule has 2 nitrogen and oxygen atoms in total. The number of nitrogens with two attached hydrogens (primary N) is 1. The van der Waals surface area contributed by atoms with E-state index in [9.17, 15) is 0 Å². The summed E-state index contributed by atoms with van der Waals surface area (Å²) in [6, 6.07) is 4.17. The summed E-state index contributed by atoms with van der Waals surface area (Å²) in [6.07, 6.45) is 0.895. The minimum atomic E-state index is -0.0455. The Kier molecular flexibility index (Phi) is 5.46. The maximum absolute atomic E-state index is 8.69. The Morgan fingerprint density at radius 1 is 1.62 bits per heavy atom. The van der Waals surface area contributed by atoms with Crippen molar-refractivity contribution in [2.24, 2.45) is 5.73 Å². The maximum Gasteiger partial charge on any atom is 0.0582 e. The van der Waals surface area contributed by atoms with Gasteiger partial charge in [0.1, 0.15) is 0 Å². The molecule has 1 aromatic rings. The highest BCUT2D eigenvalue weighted by Gasteiger charge is 2.00. The van der Waals surface area contributed by atoms with Gasteiger partial charge in [0, 0.05) is 16.7 Å². The summed E-state index contributed by atoms with van der Waals surface area (Å²) in [4.78, 5) is 1.41. The molecule has 0 aliphatic heterocycles. The Labute approximate surface area is 87.2 Å². The fourth-order valence-corrected chi connectivity index (χ4v) is 2.82. The van der Waals surface area contributed by atoms with Crippen LogP contribution in [0, 0.1) is 0 Å². The minimum Gasteiger partial charge on any atom is -0.395 e. The molecule has 0 saturated carbocycles. The third-order valence-electron chi connectivity index (χ3n) is 1.69. The second-order valence-electron chi connectivity index (χ2n) is 2.86. The van der Waals surface area contributed by atoms with Gasteiger partial charge in [-0.15, -0.1) is 11.3 Å². The van der Waals surface area contributed by atoms with E-state index in [0.717, 1.165) is 17.9 Å². The number of thiophene rings is 1. The van der Waals surface area contributed by atoms with Crippen molar-refractivity contribution in [3.63, 3.8) is 0 Å². The molecule has 1 rings (SSSR count). The van der Waals surface area contributed by atoms with E-state index >= 15 is 0 Å². The second kappa shape index (κ2) is 6.43. The molecule has 0 saturated heterocycles. The fraction of sp³-hybridized carbons (Fsp3) is 0.556. The van der Waals surface area contributed by atoms with Crippen LogP contribution in [0.1, 0.15) is 11.3 Å². The van der Waals surface area contributed by atoms with Gasteiger partial charge in [-0.3, -0.25) is 0 Å². The Balaban J connectivity index is 2.02. The van der Waals surface area contributed by atoms with E-state index < -0.39 is 0 Å². The molecular weight excluding hydrogens is 202 g/mol. The van der Waals surface area contributed by atoms with E-state index in [-0.39, 0.29) is 12.6 Å². The van der Waals surface area contributed by atoms with Gasteiger partial charge in [0.05, 0.1) is 6.61 Å². The van der Waals surface area contributed by atoms with Crippen molar-refractivity contribution in [2.45, 2.75) is 18.2 Å². The molecule has 0 unspecified atom stereocenters. The lowest BCUT2D eigenvalue weighted by Crippen LogP contribution is -2.24. The number of aliphatic hydroxyl groups excluding tert-OH is 1. The molecule has 1 aromatic heterocycles. The van der Waals surface area contributed by atoms with Crippen molar-refractivity contribution in [1.29, 1.82) is 0 Å². The van der Waals surface area contributed by atoms with Crippen molar-refractivity contribution < 1.29 is 5.11 Å². The van der Waals surface area contributed by atoms with Crippen molar-refractivity contribution >= 4 is 23.1 Å². The molecule has 0 aromatic carbocycles. The van der Waals surface area contributed by atoms with Crippen LogP contribution >= 0.6 is 23.1 Å². The summed E-state index contributed by atoms with van der Waals surface area (Å²) in [5.74, 6) is 2.09. The third kappa shape index (κ3) is 4.67. The summed E-state index contributed by atoms with van der Waals surface area (Å²) in [5.41, 5.74) is 5.57. The molecule has 13 heavy (non-hydrogen) atoms. The smallest absolute Gasteiger partial charge is 0.0582 e. The van der Waals surface area contributed by atoms with Crippen LogP contribution in [0.5, 0.6) is 0 Å². The maximum atomic E-state index is 8.69. The average molecular weight is 217 g/mol. The topological polar surface area (TPSA) is 46.2 Å². The zero-order chi connectivity index (χ0) is 9.52. The summed E-state index contributed by atoms with van der Waals surface area (Å²) in [6.45, 7) is 0.0968. The third-order valence-corrected chi connectivity index (χ3v) is 3.79. The second-order valence-corrected chi connectivity index (χ2v) is 5.00. The van der Waals surface area contributed by atoms with Crippen LogP contribution < -0.4 is 5.73 Å². The Morgan fingerprint density at radius 3 is 3.08 bits per heavy atom. The minimum absolute atomic E-state index is 0.0455. The number of rotatable bonds is 6. The molecule has 0 amide bonds. The van der Waals surface area contributed by atoms with E-state index in [4.69, 9.17) is 10.8 Å². The molecule has 0 bridgehead atoms. The van der Waals surface area contributed by atoms with Crippen molar-refractivity contribution in [3.8, 4) is 0 Å². The molecule has 0 aliphatic rings. The molecular formula is C9H15NOS2. The lowest BCUT2D eigenvalue weighted by atomic mass is 10.3. The predicted octanol–water partition coefficient (Wildman–Crippen LogP) is 1.69. The first-order valence-corrected chi connectivity index (χ1v) is 6.33. The van der Waals surface area contributed by atoms with Gasteiger partial charge >= 0.3 is 0 Å². The quantitative estimate of drug-likeness (QED) is 0.713. The Morgan fingerprint density at radius 2 is 2.46 bits per heavy atom. The van der Waals surface area contributed by atoms with Gasteiger partial charge in [-0.25, -0.2) is 0 Å². The fourth-order valence-electron chi connectivity index (χ4n) is 0.893. The zero-order valence-electron chi connectivity index (χ0n) is 7.48. The molecule has 0 fully saturated rings. The van der Waals surface area contributed by atoms with Gasteiger partial charge in [-0.1, -0.05) is 6.07 Å². The van der Waals surface area contributed by atoms with Gasteiger partial charge in [0.2, 0.25) is 0 Å². The summed E-state index contributed by atoms with van der Waals surface area (Å²) in [7, 11) is 0. The number of aliphatic hydroxyl groups is 1. The van der Waals surface area contributed by atoms with Crippen LogP contribution in [0.25, 0.3) is 0 Å². The molecule has 1 heterocycles. The van der Waals surface area contributed by atoms with Gasteiger partial charge in [0.15, 0.2) is 0 Å². The number of hydrogen-bond donors (Lipinski definition) is 2. The highest BCUT2D eigenvalue weighted by Crippen LogP contribution is 2.17. The van der Waals surface area contributed by atoms with Crippen LogP contribution in [-0.2, 0) is 5.75 Å². The first kappa shape index (κ1) is 11.0. The average Bonchev–Trinajstić information content (AvgIpc) is 2.64. The largest absolute Gasteiger partial charge is 0.395 e. The SMILES string of the molecule is N[C@H](CO)CCSCc1cccs1. The van der Waals surface area contributed by atoms with Gasteiger partial charge in [-0.05, 0) is 23.6 Å². The molecule has 0 radical (unpaired) electrons. The lowest BCUT2D eigenvalue weighted by molar-refractivity contribution is 0.264. The van der Waals surface area contributed by atoms with Crippen molar-refractivity contribution in [1.82, 2.24) is 0 Å². The van der Waals surface area contributed by atoms with Crippen LogP contribution in [0.2, 0.25) is 0 Å². The van der Waals surface area contributed by atoms with E-state index in [1.807, 2.05) is 11.8 Å². The van der Waals surface area contributed by atoms with Crippen LogP contribution in [-0.4, -0.2) is 23.5 Å². The first-order valence-electron chi connectivity index (χ1n) is 4.29. The summed E-state index contributed by atoms with van der Waals surface area (Å²) < 4.78 is 0. The number of hydrogen-bond acceptors (Lipinski definition) is 4. The summed E-state index contributed by atoms with van der Waals surface area (Å²) >= 11 is 3.66. The molecule has 0 spiro atoms. The highest BCUT2D eigenvalue weighted by atomic mass is 32.2. The lowest BCUT2D eigenvalue weighted by Gasteiger charge is -2.06. The van der Waals surface area contributed by atoms with Crippen LogP contribution in [0.15, 0.2) is 17.5 Å². The molecule has 74 valence electrons. The van der Waals surface area contributed by atoms with E-state index in [1.165, 1.54) is 4.88 Å². The highest BCUT2D eigenvalue weighted by molar-refractivity contribution is 7.98. The molecule has 1 atom stereocenters. The Bertz CT molecular complexity index is 213. The number of thioether (sulfide) groups is 1.